The van der Waals surface area contributed by atoms with Crippen LogP contribution in [-0.4, -0.2) is 43.3 Å². The van der Waals surface area contributed by atoms with Gasteiger partial charge in [0.1, 0.15) is 6.17 Å². The lowest BCUT2D eigenvalue weighted by molar-refractivity contribution is 0.116. The summed E-state index contributed by atoms with van der Waals surface area (Å²) in [6.45, 7) is 2.31. The lowest BCUT2D eigenvalue weighted by Crippen LogP contribution is -2.52. The molecule has 1 heterocycles. The maximum Gasteiger partial charge on any atom is 0.115 e. The first-order valence-electron chi connectivity index (χ1n) is 5.34. The number of piperidine rings is 1. The van der Waals surface area contributed by atoms with E-state index in [0.717, 1.165) is 25.9 Å². The lowest BCUT2D eigenvalue weighted by atomic mass is 9.89. The van der Waals surface area contributed by atoms with Gasteiger partial charge < -0.3 is 10.2 Å². The summed E-state index contributed by atoms with van der Waals surface area (Å²) >= 11 is 0. The second-order valence-corrected chi connectivity index (χ2v) is 4.44. The molecule has 0 amide bonds. The molecule has 2 aliphatic rings. The van der Waals surface area contributed by atoms with Crippen molar-refractivity contribution in [1.82, 2.24) is 10.2 Å². The van der Waals surface area contributed by atoms with E-state index in [0.29, 0.717) is 6.04 Å². The molecule has 0 aromatic rings. The molecule has 3 heteroatoms. The minimum atomic E-state index is -0.570. The van der Waals surface area contributed by atoms with Crippen molar-refractivity contribution >= 4 is 0 Å². The van der Waals surface area contributed by atoms with Crippen molar-refractivity contribution in [3.63, 3.8) is 0 Å². The summed E-state index contributed by atoms with van der Waals surface area (Å²) in [5.74, 6) is 0. The summed E-state index contributed by atoms with van der Waals surface area (Å²) < 4.78 is 12.9. The first-order valence-corrected chi connectivity index (χ1v) is 5.34. The molecule has 76 valence electrons. The Morgan fingerprint density at radius 1 is 1.15 bits per heavy atom. The van der Waals surface area contributed by atoms with Gasteiger partial charge in [-0.1, -0.05) is 0 Å². The van der Waals surface area contributed by atoms with Gasteiger partial charge in [-0.25, -0.2) is 4.39 Å². The molecule has 0 aromatic carbocycles. The Kier molecular flexibility index (Phi) is 2.84. The third kappa shape index (κ3) is 2.20. The zero-order chi connectivity index (χ0) is 9.26. The smallest absolute Gasteiger partial charge is 0.115 e. The van der Waals surface area contributed by atoms with Gasteiger partial charge in [0, 0.05) is 12.1 Å². The van der Waals surface area contributed by atoms with E-state index in [-0.39, 0.29) is 6.04 Å². The van der Waals surface area contributed by atoms with E-state index in [1.54, 1.807) is 0 Å². The van der Waals surface area contributed by atoms with Gasteiger partial charge in [-0.3, -0.25) is 0 Å². The minimum Gasteiger partial charge on any atom is -0.308 e. The maximum atomic E-state index is 12.9. The number of hydrogen-bond donors (Lipinski definition) is 1. The van der Waals surface area contributed by atoms with Crippen molar-refractivity contribution in [3.05, 3.63) is 0 Å². The van der Waals surface area contributed by atoms with Crippen molar-refractivity contribution in [2.75, 3.05) is 20.1 Å². The number of likely N-dealkylation sites (tertiary alicyclic amines) is 1. The first-order chi connectivity index (χ1) is 6.25. The standard InChI is InChI=1S/C10H19FN2/c1-13-6-4-8(5-7-13)12-10-3-2-9(10)11/h8-10,12H,2-7H2,1H3. The first kappa shape index (κ1) is 9.41. The fourth-order valence-electron chi connectivity index (χ4n) is 2.13. The van der Waals surface area contributed by atoms with E-state index in [1.807, 2.05) is 0 Å². The normalized spacial score (nSPS) is 37.4. The summed E-state index contributed by atoms with van der Waals surface area (Å²) in [6, 6.07) is 0.744. The zero-order valence-corrected chi connectivity index (χ0v) is 8.30. The Morgan fingerprint density at radius 2 is 1.85 bits per heavy atom. The van der Waals surface area contributed by atoms with E-state index in [4.69, 9.17) is 0 Å². The highest BCUT2D eigenvalue weighted by Crippen LogP contribution is 2.24. The molecule has 2 atom stereocenters. The van der Waals surface area contributed by atoms with Crippen molar-refractivity contribution < 1.29 is 4.39 Å². The Morgan fingerprint density at radius 3 is 2.31 bits per heavy atom. The molecule has 1 aliphatic heterocycles. The molecule has 0 spiro atoms. The van der Waals surface area contributed by atoms with Crippen LogP contribution in [0.5, 0.6) is 0 Å². The Hall–Kier alpha value is -0.150. The molecule has 0 radical (unpaired) electrons. The van der Waals surface area contributed by atoms with Crippen LogP contribution in [0.4, 0.5) is 4.39 Å². The van der Waals surface area contributed by atoms with Crippen molar-refractivity contribution in [2.45, 2.75) is 43.9 Å². The molecule has 2 fully saturated rings. The van der Waals surface area contributed by atoms with Gasteiger partial charge in [-0.05, 0) is 45.8 Å². The van der Waals surface area contributed by atoms with Crippen LogP contribution in [0.1, 0.15) is 25.7 Å². The summed E-state index contributed by atoms with van der Waals surface area (Å²) in [7, 11) is 2.15. The molecule has 13 heavy (non-hydrogen) atoms. The molecule has 0 aromatic heterocycles. The number of nitrogens with zero attached hydrogens (tertiary/aromatic N) is 1. The molecule has 2 nitrogen and oxygen atoms in total. The van der Waals surface area contributed by atoms with Crippen molar-refractivity contribution in [3.8, 4) is 0 Å². The van der Waals surface area contributed by atoms with Gasteiger partial charge in [0.25, 0.3) is 0 Å². The summed E-state index contributed by atoms with van der Waals surface area (Å²) in [4.78, 5) is 2.34. The van der Waals surface area contributed by atoms with Gasteiger partial charge in [0.2, 0.25) is 0 Å². The fourth-order valence-corrected chi connectivity index (χ4v) is 2.13. The SMILES string of the molecule is CN1CCC(NC2CCC2F)CC1. The highest BCUT2D eigenvalue weighted by atomic mass is 19.1. The van der Waals surface area contributed by atoms with Crippen LogP contribution in [0.25, 0.3) is 0 Å². The third-order valence-corrected chi connectivity index (χ3v) is 3.36. The van der Waals surface area contributed by atoms with Gasteiger partial charge in [-0.2, -0.15) is 0 Å². The van der Waals surface area contributed by atoms with Crippen LogP contribution in [0.3, 0.4) is 0 Å². The Balaban J connectivity index is 1.70. The van der Waals surface area contributed by atoms with Crippen LogP contribution in [-0.2, 0) is 0 Å². The molecule has 2 unspecified atom stereocenters. The van der Waals surface area contributed by atoms with Crippen LogP contribution in [0.2, 0.25) is 0 Å². The van der Waals surface area contributed by atoms with Crippen LogP contribution < -0.4 is 5.32 Å². The van der Waals surface area contributed by atoms with E-state index < -0.39 is 6.17 Å². The molecular weight excluding hydrogens is 167 g/mol. The number of hydrogen-bond acceptors (Lipinski definition) is 2. The Labute approximate surface area is 79.5 Å². The predicted molar refractivity (Wildman–Crippen MR) is 51.6 cm³/mol. The van der Waals surface area contributed by atoms with Gasteiger partial charge in [-0.15, -0.1) is 0 Å². The topological polar surface area (TPSA) is 15.3 Å². The van der Waals surface area contributed by atoms with Gasteiger partial charge >= 0.3 is 0 Å². The summed E-state index contributed by atoms with van der Waals surface area (Å²) in [5.41, 5.74) is 0. The molecule has 1 N–H and O–H groups in total. The molecular formula is C10H19FN2. The summed E-state index contributed by atoms with van der Waals surface area (Å²) in [5, 5.41) is 3.42. The number of alkyl halides is 1. The van der Waals surface area contributed by atoms with Crippen LogP contribution in [0, 0.1) is 0 Å². The average Bonchev–Trinajstić information content (AvgIpc) is 2.15. The molecule has 0 bridgehead atoms. The van der Waals surface area contributed by atoms with Crippen molar-refractivity contribution in [2.24, 2.45) is 0 Å². The second kappa shape index (κ2) is 3.93. The number of halogens is 1. The van der Waals surface area contributed by atoms with E-state index in [9.17, 15) is 4.39 Å². The minimum absolute atomic E-state index is 0.174. The highest BCUT2D eigenvalue weighted by molar-refractivity contribution is 4.90. The monoisotopic (exact) mass is 186 g/mol. The van der Waals surface area contributed by atoms with Crippen LogP contribution in [0.15, 0.2) is 0 Å². The lowest BCUT2D eigenvalue weighted by Gasteiger charge is -2.37. The quantitative estimate of drug-likeness (QED) is 0.696. The third-order valence-electron chi connectivity index (χ3n) is 3.36. The maximum absolute atomic E-state index is 12.9. The second-order valence-electron chi connectivity index (χ2n) is 4.44. The van der Waals surface area contributed by atoms with E-state index in [2.05, 4.69) is 17.3 Å². The number of rotatable bonds is 2. The number of nitrogens with one attached hydrogen (secondary N) is 1. The molecule has 2 rings (SSSR count). The highest BCUT2D eigenvalue weighted by Gasteiger charge is 2.32. The largest absolute Gasteiger partial charge is 0.308 e. The summed E-state index contributed by atoms with van der Waals surface area (Å²) in [6.07, 6.45) is 3.59. The molecule has 1 saturated carbocycles. The average molecular weight is 186 g/mol. The van der Waals surface area contributed by atoms with Gasteiger partial charge in [0.15, 0.2) is 0 Å². The zero-order valence-electron chi connectivity index (χ0n) is 8.30. The predicted octanol–water partition coefficient (Wildman–Crippen LogP) is 1.17. The van der Waals surface area contributed by atoms with E-state index in [1.165, 1.54) is 12.8 Å². The Bertz CT molecular complexity index is 166. The van der Waals surface area contributed by atoms with Crippen LogP contribution >= 0.6 is 0 Å². The fraction of sp³-hybridized carbons (Fsp3) is 1.00. The molecule has 1 aliphatic carbocycles. The molecule has 1 saturated heterocycles. The van der Waals surface area contributed by atoms with Gasteiger partial charge in [0.05, 0.1) is 0 Å². The van der Waals surface area contributed by atoms with E-state index >= 15 is 0 Å². The van der Waals surface area contributed by atoms with Crippen molar-refractivity contribution in [1.29, 1.82) is 0 Å².